The van der Waals surface area contributed by atoms with Gasteiger partial charge in [0.15, 0.2) is 0 Å². The lowest BCUT2D eigenvalue weighted by Gasteiger charge is -2.16. The van der Waals surface area contributed by atoms with Gasteiger partial charge in [0.2, 0.25) is 0 Å². The molecule has 0 spiro atoms. The summed E-state index contributed by atoms with van der Waals surface area (Å²) in [6, 6.07) is 4.74. The molecule has 2 nitrogen and oxygen atoms in total. The fourth-order valence-corrected chi connectivity index (χ4v) is 1.02. The van der Waals surface area contributed by atoms with Crippen LogP contribution in [0.1, 0.15) is 12.5 Å². The summed E-state index contributed by atoms with van der Waals surface area (Å²) in [7, 11) is 0. The monoisotopic (exact) mass is 204 g/mol. The number of rotatable bonds is 2. The molecule has 0 saturated carbocycles. The Kier molecular flexibility index (Phi) is 3.00. The van der Waals surface area contributed by atoms with E-state index in [1.807, 2.05) is 6.92 Å². The van der Waals surface area contributed by atoms with Gasteiger partial charge in [-0.05, 0) is 31.2 Å². The molecule has 0 amide bonds. The van der Waals surface area contributed by atoms with Crippen molar-refractivity contribution in [1.29, 1.82) is 0 Å². The molecule has 5 heteroatoms. The minimum Gasteiger partial charge on any atom is -0.311 e. The van der Waals surface area contributed by atoms with Gasteiger partial charge in [-0.25, -0.2) is 5.84 Å². The summed E-state index contributed by atoms with van der Waals surface area (Å²) in [5.74, 6) is 5.51. The third-order valence-corrected chi connectivity index (χ3v) is 1.87. The molecular weight excluding hydrogens is 193 g/mol. The van der Waals surface area contributed by atoms with Gasteiger partial charge < -0.3 is 5.01 Å². The topological polar surface area (TPSA) is 29.3 Å². The molecule has 0 aliphatic carbocycles. The SMILES string of the molecule is CCN(N)c1ccc(C(F)(F)F)cc1. The molecule has 0 unspecified atom stereocenters. The molecule has 0 fully saturated rings. The average Bonchev–Trinajstić information content (AvgIpc) is 2.15. The molecule has 2 N–H and O–H groups in total. The zero-order valence-corrected chi connectivity index (χ0v) is 7.67. The second kappa shape index (κ2) is 3.88. The van der Waals surface area contributed by atoms with Crippen LogP contribution in [0, 0.1) is 0 Å². The van der Waals surface area contributed by atoms with E-state index in [-0.39, 0.29) is 0 Å². The Balaban J connectivity index is 2.89. The van der Waals surface area contributed by atoms with Crippen LogP contribution >= 0.6 is 0 Å². The first-order chi connectivity index (χ1) is 6.45. The van der Waals surface area contributed by atoms with Crippen LogP contribution in [0.15, 0.2) is 24.3 Å². The first-order valence-electron chi connectivity index (χ1n) is 4.14. The van der Waals surface area contributed by atoms with Gasteiger partial charge in [-0.1, -0.05) is 0 Å². The Morgan fingerprint density at radius 2 is 1.71 bits per heavy atom. The molecule has 1 rings (SSSR count). The molecule has 0 aromatic heterocycles. The summed E-state index contributed by atoms with van der Waals surface area (Å²) >= 11 is 0. The third-order valence-electron chi connectivity index (χ3n) is 1.87. The minimum absolute atomic E-state index is 0.547. The van der Waals surface area contributed by atoms with E-state index >= 15 is 0 Å². The van der Waals surface area contributed by atoms with Crippen molar-refractivity contribution < 1.29 is 13.2 Å². The van der Waals surface area contributed by atoms with Gasteiger partial charge >= 0.3 is 6.18 Å². The number of halogens is 3. The van der Waals surface area contributed by atoms with Crippen LogP contribution in [0.2, 0.25) is 0 Å². The number of hydrogen-bond acceptors (Lipinski definition) is 2. The lowest BCUT2D eigenvalue weighted by molar-refractivity contribution is -0.137. The highest BCUT2D eigenvalue weighted by atomic mass is 19.4. The van der Waals surface area contributed by atoms with Gasteiger partial charge in [0.25, 0.3) is 0 Å². The van der Waals surface area contributed by atoms with Gasteiger partial charge in [-0.15, -0.1) is 0 Å². The minimum atomic E-state index is -4.29. The summed E-state index contributed by atoms with van der Waals surface area (Å²) in [4.78, 5) is 0. The molecule has 0 atom stereocenters. The molecule has 0 radical (unpaired) electrons. The van der Waals surface area contributed by atoms with Crippen molar-refractivity contribution in [1.82, 2.24) is 0 Å². The molecule has 0 heterocycles. The highest BCUT2D eigenvalue weighted by Gasteiger charge is 2.29. The highest BCUT2D eigenvalue weighted by molar-refractivity contribution is 5.46. The van der Waals surface area contributed by atoms with Gasteiger partial charge in [0.1, 0.15) is 0 Å². The maximum atomic E-state index is 12.2. The fraction of sp³-hybridized carbons (Fsp3) is 0.333. The Bertz CT molecular complexity index is 292. The molecule has 14 heavy (non-hydrogen) atoms. The van der Waals surface area contributed by atoms with E-state index in [0.29, 0.717) is 12.2 Å². The second-order valence-corrected chi connectivity index (χ2v) is 2.83. The molecule has 78 valence electrons. The number of anilines is 1. The lowest BCUT2D eigenvalue weighted by Crippen LogP contribution is -2.30. The Hall–Kier alpha value is -1.23. The number of nitrogens with zero attached hydrogens (tertiary/aromatic N) is 1. The van der Waals surface area contributed by atoms with E-state index in [1.54, 1.807) is 0 Å². The number of hydrogen-bond donors (Lipinski definition) is 1. The van der Waals surface area contributed by atoms with Crippen LogP contribution in [-0.4, -0.2) is 6.54 Å². The van der Waals surface area contributed by atoms with Crippen molar-refractivity contribution in [2.45, 2.75) is 13.1 Å². The predicted octanol–water partition coefficient (Wildman–Crippen LogP) is 2.41. The van der Waals surface area contributed by atoms with Crippen molar-refractivity contribution in [2.24, 2.45) is 5.84 Å². The van der Waals surface area contributed by atoms with Crippen LogP contribution in [-0.2, 0) is 6.18 Å². The highest BCUT2D eigenvalue weighted by Crippen LogP contribution is 2.30. The zero-order chi connectivity index (χ0) is 10.8. The third kappa shape index (κ3) is 2.38. The maximum absolute atomic E-state index is 12.2. The molecular formula is C9H11F3N2. The van der Waals surface area contributed by atoms with E-state index in [4.69, 9.17) is 5.84 Å². The van der Waals surface area contributed by atoms with Crippen LogP contribution in [0.5, 0.6) is 0 Å². The van der Waals surface area contributed by atoms with Gasteiger partial charge in [0.05, 0.1) is 11.3 Å². The first kappa shape index (κ1) is 10.8. The van der Waals surface area contributed by atoms with E-state index in [0.717, 1.165) is 12.1 Å². The van der Waals surface area contributed by atoms with Crippen molar-refractivity contribution in [2.75, 3.05) is 11.6 Å². The van der Waals surface area contributed by atoms with E-state index in [2.05, 4.69) is 0 Å². The normalized spacial score (nSPS) is 11.5. The fourth-order valence-electron chi connectivity index (χ4n) is 1.02. The van der Waals surface area contributed by atoms with Crippen molar-refractivity contribution in [3.05, 3.63) is 29.8 Å². The summed E-state index contributed by atoms with van der Waals surface area (Å²) in [6.45, 7) is 2.36. The quantitative estimate of drug-likeness (QED) is 0.592. The van der Waals surface area contributed by atoms with Crippen molar-refractivity contribution >= 4 is 5.69 Å². The maximum Gasteiger partial charge on any atom is 0.416 e. The van der Waals surface area contributed by atoms with E-state index in [1.165, 1.54) is 17.1 Å². The van der Waals surface area contributed by atoms with Gasteiger partial charge in [0, 0.05) is 6.54 Å². The molecule has 1 aromatic carbocycles. The second-order valence-electron chi connectivity index (χ2n) is 2.83. The van der Waals surface area contributed by atoms with Crippen molar-refractivity contribution in [3.63, 3.8) is 0 Å². The zero-order valence-electron chi connectivity index (χ0n) is 7.67. The summed E-state index contributed by atoms with van der Waals surface area (Å²) in [5, 5.41) is 1.38. The number of benzene rings is 1. The number of alkyl halides is 3. The summed E-state index contributed by atoms with van der Waals surface area (Å²) < 4.78 is 36.5. The molecule has 0 bridgehead atoms. The van der Waals surface area contributed by atoms with E-state index in [9.17, 15) is 13.2 Å². The molecule has 1 aromatic rings. The van der Waals surface area contributed by atoms with E-state index < -0.39 is 11.7 Å². The van der Waals surface area contributed by atoms with Gasteiger partial charge in [-0.3, -0.25) is 0 Å². The summed E-state index contributed by atoms with van der Waals surface area (Å²) in [6.07, 6.45) is -4.29. The number of nitrogens with two attached hydrogens (primary N) is 1. The first-order valence-corrected chi connectivity index (χ1v) is 4.14. The molecule has 0 aliphatic rings. The van der Waals surface area contributed by atoms with Crippen LogP contribution in [0.4, 0.5) is 18.9 Å². The largest absolute Gasteiger partial charge is 0.416 e. The van der Waals surface area contributed by atoms with Crippen LogP contribution < -0.4 is 10.9 Å². The van der Waals surface area contributed by atoms with Crippen LogP contribution in [0.25, 0.3) is 0 Å². The summed E-state index contributed by atoms with van der Waals surface area (Å²) in [5.41, 5.74) is -0.0914. The Labute approximate surface area is 80.1 Å². The molecule has 0 saturated heterocycles. The van der Waals surface area contributed by atoms with Crippen molar-refractivity contribution in [3.8, 4) is 0 Å². The predicted molar refractivity (Wildman–Crippen MR) is 48.7 cm³/mol. The molecule has 0 aliphatic heterocycles. The Morgan fingerprint density at radius 1 is 1.21 bits per heavy atom. The van der Waals surface area contributed by atoms with Crippen LogP contribution in [0.3, 0.4) is 0 Å². The average molecular weight is 204 g/mol. The Morgan fingerprint density at radius 3 is 2.07 bits per heavy atom. The number of hydrazine groups is 1. The lowest BCUT2D eigenvalue weighted by atomic mass is 10.2. The van der Waals surface area contributed by atoms with Gasteiger partial charge in [-0.2, -0.15) is 13.2 Å². The standard InChI is InChI=1S/C9H11F3N2/c1-2-14(13)8-5-3-7(4-6-8)9(10,11)12/h3-6H,2,13H2,1H3. The smallest absolute Gasteiger partial charge is 0.311 e.